The van der Waals surface area contributed by atoms with E-state index in [4.69, 9.17) is 9.84 Å². The topological polar surface area (TPSA) is 73.8 Å². The van der Waals surface area contributed by atoms with E-state index in [1.807, 2.05) is 31.2 Å². The largest absolute Gasteiger partial charge is 0.395 e. The predicted octanol–water partition coefficient (Wildman–Crippen LogP) is 0.680. The summed E-state index contributed by atoms with van der Waals surface area (Å²) in [6, 6.07) is 7.60. The lowest BCUT2D eigenvalue weighted by atomic mass is 10.2. The van der Waals surface area contributed by atoms with Gasteiger partial charge in [0.05, 0.1) is 19.8 Å². The number of methoxy groups -OCH3 is 1. The number of aliphatic hydroxyl groups is 1. The van der Waals surface area contributed by atoms with E-state index in [0.29, 0.717) is 19.7 Å². The first-order chi connectivity index (χ1) is 10.2. The number of nitrogens with one attached hydrogen (secondary N) is 2. The normalized spacial score (nSPS) is 10.4. The molecule has 6 nitrogen and oxygen atoms in total. The molecule has 0 aliphatic rings. The molecule has 1 aromatic carbocycles. The van der Waals surface area contributed by atoms with Crippen molar-refractivity contribution >= 4 is 17.3 Å². The van der Waals surface area contributed by atoms with Gasteiger partial charge in [-0.05, 0) is 31.2 Å². The fourth-order valence-corrected chi connectivity index (χ4v) is 1.93. The van der Waals surface area contributed by atoms with Crippen LogP contribution in [0.4, 0.5) is 11.4 Å². The molecular formula is C15H25N3O3. The van der Waals surface area contributed by atoms with Crippen molar-refractivity contribution in [2.75, 3.05) is 56.7 Å². The first-order valence-corrected chi connectivity index (χ1v) is 7.16. The highest BCUT2D eigenvalue weighted by Crippen LogP contribution is 2.17. The molecule has 0 aliphatic heterocycles. The zero-order chi connectivity index (χ0) is 15.5. The second-order valence-corrected chi connectivity index (χ2v) is 4.57. The second kappa shape index (κ2) is 10.1. The number of amides is 1. The molecule has 0 saturated carbocycles. The highest BCUT2D eigenvalue weighted by atomic mass is 16.5. The maximum atomic E-state index is 11.7. The van der Waals surface area contributed by atoms with Crippen molar-refractivity contribution in [3.05, 3.63) is 24.3 Å². The Labute approximate surface area is 126 Å². The van der Waals surface area contributed by atoms with Crippen molar-refractivity contribution in [3.63, 3.8) is 0 Å². The molecule has 0 unspecified atom stereocenters. The van der Waals surface area contributed by atoms with Crippen molar-refractivity contribution in [2.45, 2.75) is 6.92 Å². The Morgan fingerprint density at radius 3 is 2.62 bits per heavy atom. The molecule has 0 radical (unpaired) electrons. The van der Waals surface area contributed by atoms with Gasteiger partial charge in [-0.3, -0.25) is 4.79 Å². The van der Waals surface area contributed by atoms with E-state index in [9.17, 15) is 4.79 Å². The van der Waals surface area contributed by atoms with Crippen LogP contribution in [0.3, 0.4) is 0 Å². The number of aliphatic hydroxyl groups excluding tert-OH is 1. The number of carbonyl (C=O) groups is 1. The molecule has 0 bridgehead atoms. The highest BCUT2D eigenvalue weighted by Gasteiger charge is 2.05. The smallest absolute Gasteiger partial charge is 0.238 e. The Morgan fingerprint density at radius 2 is 2.05 bits per heavy atom. The van der Waals surface area contributed by atoms with Crippen molar-refractivity contribution in [2.24, 2.45) is 0 Å². The minimum absolute atomic E-state index is 0.0819. The molecule has 0 fully saturated rings. The third-order valence-electron chi connectivity index (χ3n) is 3.04. The molecule has 1 rings (SSSR count). The van der Waals surface area contributed by atoms with Gasteiger partial charge in [0.1, 0.15) is 0 Å². The first kappa shape index (κ1) is 17.4. The standard InChI is InChI=1S/C15H25N3O3/c1-3-18(9-10-19)14-6-4-13(5-7-14)17-15(20)12-16-8-11-21-2/h4-7,16,19H,3,8-12H2,1-2H3,(H,17,20). The van der Waals surface area contributed by atoms with Crippen molar-refractivity contribution < 1.29 is 14.6 Å². The summed E-state index contributed by atoms with van der Waals surface area (Å²) in [5, 5.41) is 14.8. The summed E-state index contributed by atoms with van der Waals surface area (Å²) in [7, 11) is 1.62. The third kappa shape index (κ3) is 6.57. The molecule has 21 heavy (non-hydrogen) atoms. The zero-order valence-corrected chi connectivity index (χ0v) is 12.8. The van der Waals surface area contributed by atoms with E-state index in [2.05, 4.69) is 15.5 Å². The van der Waals surface area contributed by atoms with Crippen molar-refractivity contribution in [1.29, 1.82) is 0 Å². The lowest BCUT2D eigenvalue weighted by Crippen LogP contribution is -2.30. The summed E-state index contributed by atoms with van der Waals surface area (Å²) < 4.78 is 4.89. The Hall–Kier alpha value is -1.63. The van der Waals surface area contributed by atoms with E-state index in [1.165, 1.54) is 0 Å². The van der Waals surface area contributed by atoms with Crippen LogP contribution in [-0.2, 0) is 9.53 Å². The average molecular weight is 295 g/mol. The molecular weight excluding hydrogens is 270 g/mol. The summed E-state index contributed by atoms with van der Waals surface area (Å²) in [5.74, 6) is -0.0819. The minimum atomic E-state index is -0.0819. The molecule has 3 N–H and O–H groups in total. The number of carbonyl (C=O) groups excluding carboxylic acids is 1. The Morgan fingerprint density at radius 1 is 1.33 bits per heavy atom. The molecule has 6 heteroatoms. The lowest BCUT2D eigenvalue weighted by Gasteiger charge is -2.22. The molecule has 1 aromatic rings. The van der Waals surface area contributed by atoms with Crippen LogP contribution in [0.15, 0.2) is 24.3 Å². The molecule has 0 heterocycles. The summed E-state index contributed by atoms with van der Waals surface area (Å²) in [4.78, 5) is 13.8. The summed E-state index contributed by atoms with van der Waals surface area (Å²) >= 11 is 0. The van der Waals surface area contributed by atoms with Gasteiger partial charge >= 0.3 is 0 Å². The second-order valence-electron chi connectivity index (χ2n) is 4.57. The van der Waals surface area contributed by atoms with Gasteiger partial charge in [-0.2, -0.15) is 0 Å². The van der Waals surface area contributed by atoms with Gasteiger partial charge in [-0.1, -0.05) is 0 Å². The van der Waals surface area contributed by atoms with E-state index in [-0.39, 0.29) is 19.1 Å². The Balaban J connectivity index is 2.44. The van der Waals surface area contributed by atoms with E-state index >= 15 is 0 Å². The predicted molar refractivity (Wildman–Crippen MR) is 84.8 cm³/mol. The molecule has 1 amide bonds. The van der Waals surface area contributed by atoms with Gasteiger partial charge in [-0.15, -0.1) is 0 Å². The first-order valence-electron chi connectivity index (χ1n) is 7.16. The van der Waals surface area contributed by atoms with Crippen molar-refractivity contribution in [3.8, 4) is 0 Å². The minimum Gasteiger partial charge on any atom is -0.395 e. The van der Waals surface area contributed by atoms with Crippen LogP contribution in [0, 0.1) is 0 Å². The fourth-order valence-electron chi connectivity index (χ4n) is 1.93. The number of rotatable bonds is 10. The van der Waals surface area contributed by atoms with Gasteiger partial charge in [0.2, 0.25) is 5.91 Å². The van der Waals surface area contributed by atoms with Crippen LogP contribution in [0.5, 0.6) is 0 Å². The lowest BCUT2D eigenvalue weighted by molar-refractivity contribution is -0.115. The summed E-state index contributed by atoms with van der Waals surface area (Å²) in [6.45, 7) is 5.09. The average Bonchev–Trinajstić information content (AvgIpc) is 2.50. The molecule has 0 saturated heterocycles. The van der Waals surface area contributed by atoms with Gasteiger partial charge in [0, 0.05) is 38.1 Å². The molecule has 0 aliphatic carbocycles. The summed E-state index contributed by atoms with van der Waals surface area (Å²) in [5.41, 5.74) is 1.79. The SMILES string of the molecule is CCN(CCO)c1ccc(NC(=O)CNCCOC)cc1. The quantitative estimate of drug-likeness (QED) is 0.554. The van der Waals surface area contributed by atoms with Gasteiger partial charge in [-0.25, -0.2) is 0 Å². The van der Waals surface area contributed by atoms with Crippen molar-refractivity contribution in [1.82, 2.24) is 5.32 Å². The number of nitrogens with zero attached hydrogens (tertiary/aromatic N) is 1. The van der Waals surface area contributed by atoms with E-state index in [1.54, 1.807) is 7.11 Å². The third-order valence-corrected chi connectivity index (χ3v) is 3.04. The number of hydrogen-bond acceptors (Lipinski definition) is 5. The number of likely N-dealkylation sites (N-methyl/N-ethyl adjacent to an activating group) is 1. The van der Waals surface area contributed by atoms with E-state index < -0.39 is 0 Å². The van der Waals surface area contributed by atoms with Crippen LogP contribution >= 0.6 is 0 Å². The molecule has 0 aromatic heterocycles. The van der Waals surface area contributed by atoms with Crippen LogP contribution in [0.25, 0.3) is 0 Å². The van der Waals surface area contributed by atoms with Crippen LogP contribution in [0.2, 0.25) is 0 Å². The maximum Gasteiger partial charge on any atom is 0.238 e. The van der Waals surface area contributed by atoms with Gasteiger partial charge in [0.15, 0.2) is 0 Å². The number of hydrogen-bond donors (Lipinski definition) is 3. The number of anilines is 2. The van der Waals surface area contributed by atoms with Crippen LogP contribution in [-0.4, -0.2) is 57.5 Å². The van der Waals surface area contributed by atoms with Crippen LogP contribution in [0.1, 0.15) is 6.92 Å². The molecule has 0 spiro atoms. The Bertz CT molecular complexity index is 409. The zero-order valence-electron chi connectivity index (χ0n) is 12.8. The van der Waals surface area contributed by atoms with E-state index in [0.717, 1.165) is 17.9 Å². The molecule has 0 atom stereocenters. The fraction of sp³-hybridized carbons (Fsp3) is 0.533. The van der Waals surface area contributed by atoms with Gasteiger partial charge < -0.3 is 25.4 Å². The molecule has 118 valence electrons. The number of benzene rings is 1. The van der Waals surface area contributed by atoms with Gasteiger partial charge in [0.25, 0.3) is 0 Å². The monoisotopic (exact) mass is 295 g/mol. The number of ether oxygens (including phenoxy) is 1. The van der Waals surface area contributed by atoms with Crippen LogP contribution < -0.4 is 15.5 Å². The summed E-state index contributed by atoms with van der Waals surface area (Å²) in [6.07, 6.45) is 0. The maximum absolute atomic E-state index is 11.7. The highest BCUT2D eigenvalue weighted by molar-refractivity contribution is 5.92. The Kier molecular flexibility index (Phi) is 8.42.